The molecule has 1 atom stereocenters. The van der Waals surface area contributed by atoms with Gasteiger partial charge in [-0.1, -0.05) is 39.0 Å². The molecule has 162 valence electrons. The van der Waals surface area contributed by atoms with E-state index in [2.05, 4.69) is 19.2 Å². The normalized spacial score (nSPS) is 20.8. The summed E-state index contributed by atoms with van der Waals surface area (Å²) in [5.41, 5.74) is 3.52. The molecule has 0 amide bonds. The van der Waals surface area contributed by atoms with Crippen molar-refractivity contribution in [3.63, 3.8) is 0 Å². The zero-order valence-electron chi connectivity index (χ0n) is 18.9. The molecule has 1 aliphatic carbocycles. The highest BCUT2D eigenvalue weighted by molar-refractivity contribution is 6.04. The molecule has 1 unspecified atom stereocenters. The quantitative estimate of drug-likeness (QED) is 0.665. The predicted molar refractivity (Wildman–Crippen MR) is 117 cm³/mol. The van der Waals surface area contributed by atoms with Gasteiger partial charge in [-0.3, -0.25) is 4.79 Å². The zero-order chi connectivity index (χ0) is 22.1. The first-order chi connectivity index (χ1) is 14.1. The van der Waals surface area contributed by atoms with Crippen LogP contribution in [0.2, 0.25) is 0 Å². The zero-order valence-corrected chi connectivity index (χ0v) is 18.9. The number of rotatable bonds is 6. The van der Waals surface area contributed by atoms with Crippen LogP contribution in [0.4, 0.5) is 0 Å². The number of carbonyl (C=O) groups is 2. The average molecular weight is 412 g/mol. The summed E-state index contributed by atoms with van der Waals surface area (Å²) < 4.78 is 11.6. The van der Waals surface area contributed by atoms with Gasteiger partial charge in [-0.25, -0.2) is 4.79 Å². The molecule has 0 saturated carbocycles. The SMILES string of the molecule is CCCOC(=O)C1=C(C)NC2=C(C(=O)CC(C)(C)C2)C1c1ccccc1OC(C)C. The largest absolute Gasteiger partial charge is 0.491 e. The Kier molecular flexibility index (Phi) is 6.39. The van der Waals surface area contributed by atoms with Gasteiger partial charge in [0.2, 0.25) is 0 Å². The molecule has 0 radical (unpaired) electrons. The van der Waals surface area contributed by atoms with Crippen LogP contribution < -0.4 is 10.1 Å². The third-order valence-electron chi connectivity index (χ3n) is 5.49. The van der Waals surface area contributed by atoms with Crippen LogP contribution in [0.5, 0.6) is 5.75 Å². The van der Waals surface area contributed by atoms with Crippen LogP contribution in [0.15, 0.2) is 46.8 Å². The van der Waals surface area contributed by atoms with E-state index in [0.29, 0.717) is 29.9 Å². The number of carbonyl (C=O) groups excluding carboxylic acids is 2. The highest BCUT2D eigenvalue weighted by Crippen LogP contribution is 2.48. The molecule has 1 aliphatic heterocycles. The van der Waals surface area contributed by atoms with E-state index in [-0.39, 0.29) is 23.3 Å². The van der Waals surface area contributed by atoms with E-state index < -0.39 is 5.92 Å². The van der Waals surface area contributed by atoms with Gasteiger partial charge in [-0.2, -0.15) is 0 Å². The Morgan fingerprint density at radius 1 is 1.23 bits per heavy atom. The van der Waals surface area contributed by atoms with Crippen molar-refractivity contribution in [1.82, 2.24) is 5.32 Å². The molecule has 1 aromatic rings. The number of Topliss-reactive ketones (excluding diaryl/α,β-unsaturated/α-hetero) is 1. The number of ketones is 1. The molecule has 5 nitrogen and oxygen atoms in total. The van der Waals surface area contributed by atoms with E-state index in [0.717, 1.165) is 29.8 Å². The Morgan fingerprint density at radius 3 is 2.60 bits per heavy atom. The Hall–Kier alpha value is -2.56. The van der Waals surface area contributed by atoms with Crippen LogP contribution >= 0.6 is 0 Å². The van der Waals surface area contributed by atoms with Crippen molar-refractivity contribution >= 4 is 11.8 Å². The van der Waals surface area contributed by atoms with Gasteiger partial charge in [0, 0.05) is 29.0 Å². The number of benzene rings is 1. The lowest BCUT2D eigenvalue weighted by atomic mass is 9.68. The molecule has 0 saturated heterocycles. The lowest BCUT2D eigenvalue weighted by Gasteiger charge is -2.39. The van der Waals surface area contributed by atoms with Crippen molar-refractivity contribution in [1.29, 1.82) is 0 Å². The van der Waals surface area contributed by atoms with Crippen LogP contribution in [0, 0.1) is 5.41 Å². The fourth-order valence-electron chi connectivity index (χ4n) is 4.37. The standard InChI is InChI=1S/C25H33NO4/c1-7-12-29-24(28)21-16(4)26-18-13-25(5,6)14-19(27)23(18)22(21)17-10-8-9-11-20(17)30-15(2)3/h8-11,15,22,26H,7,12-14H2,1-6H3. The van der Waals surface area contributed by atoms with Crippen molar-refractivity contribution in [2.45, 2.75) is 72.8 Å². The number of hydrogen-bond donors (Lipinski definition) is 1. The van der Waals surface area contributed by atoms with Crippen molar-refractivity contribution in [3.05, 3.63) is 52.4 Å². The maximum atomic E-state index is 13.3. The smallest absolute Gasteiger partial charge is 0.336 e. The molecule has 5 heteroatoms. The summed E-state index contributed by atoms with van der Waals surface area (Å²) in [5.74, 6) is -0.108. The van der Waals surface area contributed by atoms with Crippen molar-refractivity contribution < 1.29 is 19.1 Å². The minimum absolute atomic E-state index is 0.0251. The first kappa shape index (κ1) is 22.1. The van der Waals surface area contributed by atoms with Crippen LogP contribution in [0.1, 0.15) is 72.3 Å². The van der Waals surface area contributed by atoms with Gasteiger partial charge in [0.15, 0.2) is 5.78 Å². The van der Waals surface area contributed by atoms with Gasteiger partial charge in [0.1, 0.15) is 5.75 Å². The summed E-state index contributed by atoms with van der Waals surface area (Å²) in [6.07, 6.45) is 1.92. The van der Waals surface area contributed by atoms with E-state index in [4.69, 9.17) is 9.47 Å². The minimum Gasteiger partial charge on any atom is -0.491 e. The first-order valence-corrected chi connectivity index (χ1v) is 10.8. The number of ether oxygens (including phenoxy) is 2. The Morgan fingerprint density at radius 2 is 1.93 bits per heavy atom. The molecule has 30 heavy (non-hydrogen) atoms. The van der Waals surface area contributed by atoms with Crippen molar-refractivity contribution in [3.8, 4) is 5.75 Å². The van der Waals surface area contributed by atoms with Gasteiger partial charge in [0.25, 0.3) is 0 Å². The highest BCUT2D eigenvalue weighted by Gasteiger charge is 2.44. The number of nitrogens with one attached hydrogen (secondary N) is 1. The number of dihydropyridines is 1. The summed E-state index contributed by atoms with van der Waals surface area (Å²) in [4.78, 5) is 26.4. The van der Waals surface area contributed by atoms with Crippen molar-refractivity contribution in [2.75, 3.05) is 6.61 Å². The molecule has 3 rings (SSSR count). The molecule has 0 spiro atoms. The van der Waals surface area contributed by atoms with E-state index in [1.807, 2.05) is 52.0 Å². The van der Waals surface area contributed by atoms with Crippen LogP contribution in [0.25, 0.3) is 0 Å². The van der Waals surface area contributed by atoms with Crippen LogP contribution in [0.3, 0.4) is 0 Å². The topological polar surface area (TPSA) is 64.6 Å². The molecule has 0 aromatic heterocycles. The lowest BCUT2D eigenvalue weighted by Crippen LogP contribution is -2.38. The number of para-hydroxylation sites is 1. The lowest BCUT2D eigenvalue weighted by molar-refractivity contribution is -0.139. The van der Waals surface area contributed by atoms with Crippen LogP contribution in [-0.4, -0.2) is 24.5 Å². The van der Waals surface area contributed by atoms with Gasteiger partial charge in [-0.05, 0) is 45.1 Å². The number of esters is 1. The Labute approximate surface area is 179 Å². The highest BCUT2D eigenvalue weighted by atomic mass is 16.5. The monoisotopic (exact) mass is 411 g/mol. The molecular formula is C25H33NO4. The van der Waals surface area contributed by atoms with E-state index in [9.17, 15) is 9.59 Å². The fraction of sp³-hybridized carbons (Fsp3) is 0.520. The van der Waals surface area contributed by atoms with Gasteiger partial charge in [0.05, 0.1) is 24.2 Å². The maximum Gasteiger partial charge on any atom is 0.336 e. The second-order valence-corrected chi connectivity index (χ2v) is 9.27. The molecule has 1 heterocycles. The molecule has 0 fully saturated rings. The molecule has 0 bridgehead atoms. The summed E-state index contributed by atoms with van der Waals surface area (Å²) >= 11 is 0. The third kappa shape index (κ3) is 4.45. The van der Waals surface area contributed by atoms with E-state index >= 15 is 0 Å². The third-order valence-corrected chi connectivity index (χ3v) is 5.49. The molecular weight excluding hydrogens is 378 g/mol. The molecule has 1 N–H and O–H groups in total. The van der Waals surface area contributed by atoms with E-state index in [1.54, 1.807) is 0 Å². The fourth-order valence-corrected chi connectivity index (χ4v) is 4.37. The second kappa shape index (κ2) is 8.66. The summed E-state index contributed by atoms with van der Waals surface area (Å²) in [6, 6.07) is 7.69. The predicted octanol–water partition coefficient (Wildman–Crippen LogP) is 5.03. The maximum absolute atomic E-state index is 13.3. The molecule has 1 aromatic carbocycles. The van der Waals surface area contributed by atoms with Gasteiger partial charge >= 0.3 is 5.97 Å². The Balaban J connectivity index is 2.19. The van der Waals surface area contributed by atoms with Gasteiger partial charge < -0.3 is 14.8 Å². The average Bonchev–Trinajstić information content (AvgIpc) is 2.64. The summed E-state index contributed by atoms with van der Waals surface area (Å²) in [7, 11) is 0. The Bertz CT molecular complexity index is 907. The molecule has 2 aliphatic rings. The van der Waals surface area contributed by atoms with Gasteiger partial charge in [-0.15, -0.1) is 0 Å². The second-order valence-electron chi connectivity index (χ2n) is 9.27. The minimum atomic E-state index is -0.496. The number of hydrogen-bond acceptors (Lipinski definition) is 5. The van der Waals surface area contributed by atoms with Crippen LogP contribution in [-0.2, 0) is 14.3 Å². The van der Waals surface area contributed by atoms with E-state index in [1.165, 1.54) is 0 Å². The summed E-state index contributed by atoms with van der Waals surface area (Å²) in [6.45, 7) is 12.3. The first-order valence-electron chi connectivity index (χ1n) is 10.8. The number of allylic oxidation sites excluding steroid dienone is 3. The summed E-state index contributed by atoms with van der Waals surface area (Å²) in [5, 5.41) is 3.37. The van der Waals surface area contributed by atoms with Crippen molar-refractivity contribution in [2.24, 2.45) is 5.41 Å².